The molecule has 130 valence electrons. The summed E-state index contributed by atoms with van der Waals surface area (Å²) in [5, 5.41) is 4.15. The van der Waals surface area contributed by atoms with Gasteiger partial charge in [0.2, 0.25) is 5.91 Å². The van der Waals surface area contributed by atoms with E-state index >= 15 is 0 Å². The number of morpholine rings is 1. The molecule has 3 amide bonds. The molecular weight excluding hydrogens is 310 g/mol. The lowest BCUT2D eigenvalue weighted by Crippen LogP contribution is -2.48. The fourth-order valence-electron chi connectivity index (χ4n) is 3.98. The monoisotopic (exact) mass is 333 g/mol. The standard InChI is InChI=1S/C16H23N5O3/c1-18-11-13(10-17-18)21-5-3-16(14(21)22)2-4-20(12-16)15(23)19-6-8-24-9-7-19/h10-11H,2-9,12H2,1H3/t16-/m0/s1. The molecule has 0 saturated carbocycles. The van der Waals surface area contributed by atoms with Gasteiger partial charge in [0.1, 0.15) is 0 Å². The second-order valence-corrected chi connectivity index (χ2v) is 6.91. The molecule has 8 nitrogen and oxygen atoms in total. The van der Waals surface area contributed by atoms with Crippen molar-refractivity contribution >= 4 is 17.6 Å². The molecule has 0 radical (unpaired) electrons. The molecule has 1 spiro atoms. The summed E-state index contributed by atoms with van der Waals surface area (Å²) in [5.41, 5.74) is 0.426. The van der Waals surface area contributed by atoms with Gasteiger partial charge in [-0.3, -0.25) is 9.48 Å². The molecule has 3 fully saturated rings. The van der Waals surface area contributed by atoms with Crippen molar-refractivity contribution in [1.82, 2.24) is 19.6 Å². The lowest BCUT2D eigenvalue weighted by Gasteiger charge is -2.31. The van der Waals surface area contributed by atoms with Gasteiger partial charge in [-0.05, 0) is 12.8 Å². The Hall–Kier alpha value is -2.09. The molecule has 1 aromatic rings. The molecule has 8 heteroatoms. The molecule has 0 aliphatic carbocycles. The van der Waals surface area contributed by atoms with Crippen molar-refractivity contribution < 1.29 is 14.3 Å². The fourth-order valence-corrected chi connectivity index (χ4v) is 3.98. The third kappa shape index (κ3) is 2.45. The van der Waals surface area contributed by atoms with Gasteiger partial charge in [0.15, 0.2) is 0 Å². The second kappa shape index (κ2) is 5.77. The van der Waals surface area contributed by atoms with E-state index in [1.165, 1.54) is 0 Å². The molecular formula is C16H23N5O3. The van der Waals surface area contributed by atoms with Gasteiger partial charge in [-0.1, -0.05) is 0 Å². The van der Waals surface area contributed by atoms with Crippen molar-refractivity contribution in [3.8, 4) is 0 Å². The van der Waals surface area contributed by atoms with Crippen molar-refractivity contribution in [2.24, 2.45) is 12.5 Å². The molecule has 0 aromatic carbocycles. The number of urea groups is 1. The van der Waals surface area contributed by atoms with Crippen LogP contribution in [0.4, 0.5) is 10.5 Å². The Kier molecular flexibility index (Phi) is 3.71. The molecule has 3 saturated heterocycles. The van der Waals surface area contributed by atoms with Gasteiger partial charge in [0.05, 0.1) is 30.5 Å². The van der Waals surface area contributed by atoms with Crippen molar-refractivity contribution in [2.75, 3.05) is 50.8 Å². The SMILES string of the molecule is Cn1cc(N2CC[C@]3(CCN(C(=O)N4CCOCC4)C3)C2=O)cn1. The largest absolute Gasteiger partial charge is 0.378 e. The lowest BCUT2D eigenvalue weighted by molar-refractivity contribution is -0.124. The molecule has 4 rings (SSSR count). The van der Waals surface area contributed by atoms with E-state index in [0.717, 1.165) is 18.5 Å². The van der Waals surface area contributed by atoms with Gasteiger partial charge in [-0.15, -0.1) is 0 Å². The fraction of sp³-hybridized carbons (Fsp3) is 0.688. The number of carbonyl (C=O) groups is 2. The molecule has 4 heterocycles. The summed E-state index contributed by atoms with van der Waals surface area (Å²) in [6.45, 7) is 4.35. The third-order valence-electron chi connectivity index (χ3n) is 5.42. The minimum absolute atomic E-state index is 0.0443. The number of aromatic nitrogens is 2. The molecule has 1 aromatic heterocycles. The van der Waals surface area contributed by atoms with E-state index in [1.54, 1.807) is 10.9 Å². The quantitative estimate of drug-likeness (QED) is 0.741. The third-order valence-corrected chi connectivity index (χ3v) is 5.42. The Morgan fingerprint density at radius 2 is 1.92 bits per heavy atom. The molecule has 3 aliphatic heterocycles. The predicted molar refractivity (Wildman–Crippen MR) is 86.6 cm³/mol. The zero-order valence-corrected chi connectivity index (χ0v) is 14.0. The van der Waals surface area contributed by atoms with E-state index in [9.17, 15) is 9.59 Å². The zero-order valence-electron chi connectivity index (χ0n) is 14.0. The highest BCUT2D eigenvalue weighted by atomic mass is 16.5. The summed E-state index contributed by atoms with van der Waals surface area (Å²) < 4.78 is 7.01. The van der Waals surface area contributed by atoms with E-state index < -0.39 is 5.41 Å². The molecule has 0 unspecified atom stereocenters. The summed E-state index contributed by atoms with van der Waals surface area (Å²) in [7, 11) is 1.85. The van der Waals surface area contributed by atoms with E-state index in [1.807, 2.05) is 27.9 Å². The first kappa shape index (κ1) is 15.4. The van der Waals surface area contributed by atoms with Crippen LogP contribution in [0.25, 0.3) is 0 Å². The summed E-state index contributed by atoms with van der Waals surface area (Å²) in [6, 6.07) is 0.0443. The Labute approximate surface area is 140 Å². The highest BCUT2D eigenvalue weighted by Gasteiger charge is 2.52. The zero-order chi connectivity index (χ0) is 16.7. The van der Waals surface area contributed by atoms with Gasteiger partial charge in [0, 0.05) is 46.0 Å². The smallest absolute Gasteiger partial charge is 0.320 e. The van der Waals surface area contributed by atoms with Gasteiger partial charge in [-0.25, -0.2) is 4.79 Å². The van der Waals surface area contributed by atoms with Crippen LogP contribution in [0.1, 0.15) is 12.8 Å². The van der Waals surface area contributed by atoms with Crippen LogP contribution in [0, 0.1) is 5.41 Å². The molecule has 3 aliphatic rings. The number of aryl methyl sites for hydroxylation is 1. The van der Waals surface area contributed by atoms with Gasteiger partial charge in [0.25, 0.3) is 0 Å². The van der Waals surface area contributed by atoms with Gasteiger partial charge >= 0.3 is 6.03 Å². The van der Waals surface area contributed by atoms with Crippen LogP contribution >= 0.6 is 0 Å². The molecule has 24 heavy (non-hydrogen) atoms. The number of hydrogen-bond donors (Lipinski definition) is 0. The Bertz CT molecular complexity index is 654. The normalized spacial score (nSPS) is 27.5. The predicted octanol–water partition coefficient (Wildman–Crippen LogP) is 0.301. The van der Waals surface area contributed by atoms with E-state index in [2.05, 4.69) is 5.10 Å². The van der Waals surface area contributed by atoms with E-state index in [4.69, 9.17) is 4.74 Å². The van der Waals surface area contributed by atoms with Crippen molar-refractivity contribution in [2.45, 2.75) is 12.8 Å². The van der Waals surface area contributed by atoms with Crippen LogP contribution in [0.15, 0.2) is 12.4 Å². The second-order valence-electron chi connectivity index (χ2n) is 6.91. The highest BCUT2D eigenvalue weighted by Crippen LogP contribution is 2.42. The van der Waals surface area contributed by atoms with Crippen molar-refractivity contribution in [1.29, 1.82) is 0 Å². The number of amides is 3. The van der Waals surface area contributed by atoms with Gasteiger partial charge < -0.3 is 19.4 Å². The minimum atomic E-state index is -0.419. The van der Waals surface area contributed by atoms with Crippen molar-refractivity contribution in [3.63, 3.8) is 0 Å². The van der Waals surface area contributed by atoms with Crippen LogP contribution < -0.4 is 4.90 Å². The summed E-state index contributed by atoms with van der Waals surface area (Å²) >= 11 is 0. The summed E-state index contributed by atoms with van der Waals surface area (Å²) in [4.78, 5) is 31.2. The average molecular weight is 333 g/mol. The number of ether oxygens (including phenoxy) is 1. The van der Waals surface area contributed by atoms with Crippen LogP contribution in [0.3, 0.4) is 0 Å². The topological polar surface area (TPSA) is 70.9 Å². The molecule has 1 atom stereocenters. The number of hydrogen-bond acceptors (Lipinski definition) is 4. The Morgan fingerprint density at radius 3 is 2.62 bits per heavy atom. The van der Waals surface area contributed by atoms with Crippen LogP contribution in [0.2, 0.25) is 0 Å². The first-order valence-electron chi connectivity index (χ1n) is 8.51. The molecule has 0 bridgehead atoms. The maximum Gasteiger partial charge on any atom is 0.320 e. The van der Waals surface area contributed by atoms with E-state index in [0.29, 0.717) is 45.9 Å². The number of carbonyl (C=O) groups excluding carboxylic acids is 2. The Morgan fingerprint density at radius 1 is 1.17 bits per heavy atom. The maximum absolute atomic E-state index is 13.0. The number of likely N-dealkylation sites (tertiary alicyclic amines) is 1. The number of nitrogens with zero attached hydrogens (tertiary/aromatic N) is 5. The summed E-state index contributed by atoms with van der Waals surface area (Å²) in [5.74, 6) is 0.132. The highest BCUT2D eigenvalue weighted by molar-refractivity contribution is 6.00. The van der Waals surface area contributed by atoms with E-state index in [-0.39, 0.29) is 11.9 Å². The minimum Gasteiger partial charge on any atom is -0.378 e. The number of rotatable bonds is 1. The van der Waals surface area contributed by atoms with Crippen molar-refractivity contribution in [3.05, 3.63) is 12.4 Å². The van der Waals surface area contributed by atoms with Gasteiger partial charge in [-0.2, -0.15) is 5.10 Å². The first-order valence-corrected chi connectivity index (χ1v) is 8.51. The molecule has 0 N–H and O–H groups in total. The summed E-state index contributed by atoms with van der Waals surface area (Å²) in [6.07, 6.45) is 5.14. The van der Waals surface area contributed by atoms with Crippen LogP contribution in [-0.2, 0) is 16.6 Å². The maximum atomic E-state index is 13.0. The average Bonchev–Trinajstić information content (AvgIpc) is 3.30. The lowest BCUT2D eigenvalue weighted by atomic mass is 9.85. The number of anilines is 1. The Balaban J connectivity index is 1.45. The van der Waals surface area contributed by atoms with Crippen LogP contribution in [0.5, 0.6) is 0 Å². The first-order chi connectivity index (χ1) is 11.6. The van der Waals surface area contributed by atoms with Crippen LogP contribution in [-0.4, -0.2) is 77.5 Å².